The van der Waals surface area contributed by atoms with E-state index in [9.17, 15) is 4.79 Å². The maximum atomic E-state index is 11.4. The Balaban J connectivity index is 2.37. The van der Waals surface area contributed by atoms with E-state index in [2.05, 4.69) is 32.6 Å². The first kappa shape index (κ1) is 15.5. The second kappa shape index (κ2) is 8.51. The Kier molecular flexibility index (Phi) is 6.93. The summed E-state index contributed by atoms with van der Waals surface area (Å²) >= 11 is 3.31. The smallest absolute Gasteiger partial charge is 0.221 e. The lowest BCUT2D eigenvalue weighted by molar-refractivity contribution is -0.121. The summed E-state index contributed by atoms with van der Waals surface area (Å²) in [4.78, 5) is 11.4. The van der Waals surface area contributed by atoms with Crippen LogP contribution in [0.5, 0.6) is 0 Å². The summed E-state index contributed by atoms with van der Waals surface area (Å²) < 4.78 is 5.69. The van der Waals surface area contributed by atoms with Gasteiger partial charge in [-0.2, -0.15) is 5.26 Å². The number of hydrogen-bond acceptors (Lipinski definition) is 4. The standard InChI is InChI=1S/C13H16BrN3O2/c1-19-7-6-17-13(18)4-5-16-12-3-2-11(14)8-10(12)9-15/h2-3,8,16H,4-7H2,1H3,(H,17,18). The van der Waals surface area contributed by atoms with Crippen molar-refractivity contribution in [2.75, 3.05) is 32.1 Å². The molecule has 0 atom stereocenters. The largest absolute Gasteiger partial charge is 0.383 e. The van der Waals surface area contributed by atoms with Gasteiger partial charge < -0.3 is 15.4 Å². The number of ether oxygens (including phenoxy) is 1. The number of nitrogens with one attached hydrogen (secondary N) is 2. The molecule has 1 amide bonds. The average Bonchev–Trinajstić information content (AvgIpc) is 2.40. The van der Waals surface area contributed by atoms with Gasteiger partial charge in [0.2, 0.25) is 5.91 Å². The van der Waals surface area contributed by atoms with E-state index >= 15 is 0 Å². The number of nitriles is 1. The van der Waals surface area contributed by atoms with Crippen molar-refractivity contribution in [1.29, 1.82) is 5.26 Å². The minimum Gasteiger partial charge on any atom is -0.383 e. The highest BCUT2D eigenvalue weighted by atomic mass is 79.9. The normalized spacial score (nSPS) is 9.74. The molecule has 0 saturated carbocycles. The molecule has 19 heavy (non-hydrogen) atoms. The van der Waals surface area contributed by atoms with Gasteiger partial charge in [0.1, 0.15) is 6.07 Å². The lowest BCUT2D eigenvalue weighted by Gasteiger charge is -2.09. The number of benzene rings is 1. The van der Waals surface area contributed by atoms with E-state index in [1.165, 1.54) is 0 Å². The van der Waals surface area contributed by atoms with Gasteiger partial charge in [-0.25, -0.2) is 0 Å². The summed E-state index contributed by atoms with van der Waals surface area (Å²) in [7, 11) is 1.59. The predicted molar refractivity (Wildman–Crippen MR) is 76.8 cm³/mol. The Morgan fingerprint density at radius 3 is 2.95 bits per heavy atom. The molecule has 0 aliphatic heterocycles. The molecule has 0 bridgehead atoms. The van der Waals surface area contributed by atoms with Crippen molar-refractivity contribution in [3.8, 4) is 6.07 Å². The highest BCUT2D eigenvalue weighted by Crippen LogP contribution is 2.20. The first-order chi connectivity index (χ1) is 9.17. The fourth-order valence-corrected chi connectivity index (χ4v) is 1.82. The predicted octanol–water partition coefficient (Wildman–Crippen LogP) is 1.89. The third-order valence-corrected chi connectivity index (χ3v) is 2.89. The third-order valence-electron chi connectivity index (χ3n) is 2.40. The zero-order valence-electron chi connectivity index (χ0n) is 10.7. The van der Waals surface area contributed by atoms with Gasteiger partial charge in [0.15, 0.2) is 0 Å². The Hall–Kier alpha value is -1.58. The zero-order chi connectivity index (χ0) is 14.1. The van der Waals surface area contributed by atoms with Crippen LogP contribution in [0, 0.1) is 11.3 Å². The highest BCUT2D eigenvalue weighted by Gasteiger charge is 2.04. The van der Waals surface area contributed by atoms with E-state index in [-0.39, 0.29) is 5.91 Å². The zero-order valence-corrected chi connectivity index (χ0v) is 12.3. The van der Waals surface area contributed by atoms with E-state index in [0.717, 1.165) is 10.2 Å². The van der Waals surface area contributed by atoms with Crippen molar-refractivity contribution in [3.05, 3.63) is 28.2 Å². The SMILES string of the molecule is COCCNC(=O)CCNc1ccc(Br)cc1C#N. The first-order valence-electron chi connectivity index (χ1n) is 5.86. The molecule has 0 aromatic heterocycles. The Labute approximate surface area is 121 Å². The molecule has 0 heterocycles. The number of anilines is 1. The lowest BCUT2D eigenvalue weighted by atomic mass is 10.2. The quantitative estimate of drug-likeness (QED) is 0.751. The molecule has 0 saturated heterocycles. The van der Waals surface area contributed by atoms with Crippen LogP contribution in [0.25, 0.3) is 0 Å². The number of carbonyl (C=O) groups is 1. The molecule has 102 valence electrons. The van der Waals surface area contributed by atoms with Crippen LogP contribution >= 0.6 is 15.9 Å². The minimum atomic E-state index is -0.0415. The molecule has 1 aromatic carbocycles. The van der Waals surface area contributed by atoms with Crippen molar-refractivity contribution < 1.29 is 9.53 Å². The number of methoxy groups -OCH3 is 1. The van der Waals surface area contributed by atoms with Crippen LogP contribution in [0.15, 0.2) is 22.7 Å². The van der Waals surface area contributed by atoms with Gasteiger partial charge >= 0.3 is 0 Å². The fourth-order valence-electron chi connectivity index (χ4n) is 1.45. The monoisotopic (exact) mass is 325 g/mol. The van der Waals surface area contributed by atoms with E-state index < -0.39 is 0 Å². The van der Waals surface area contributed by atoms with Gasteiger partial charge in [-0.05, 0) is 18.2 Å². The molecule has 0 aliphatic carbocycles. The van der Waals surface area contributed by atoms with Crippen molar-refractivity contribution in [3.63, 3.8) is 0 Å². The number of carbonyl (C=O) groups excluding carboxylic acids is 1. The molecule has 0 aliphatic rings. The summed E-state index contributed by atoms with van der Waals surface area (Å²) in [5.41, 5.74) is 1.28. The van der Waals surface area contributed by atoms with Crippen molar-refractivity contribution in [2.45, 2.75) is 6.42 Å². The maximum Gasteiger partial charge on any atom is 0.221 e. The molecule has 0 radical (unpaired) electrons. The lowest BCUT2D eigenvalue weighted by Crippen LogP contribution is -2.28. The highest BCUT2D eigenvalue weighted by molar-refractivity contribution is 9.10. The van der Waals surface area contributed by atoms with Gasteiger partial charge in [0.25, 0.3) is 0 Å². The van der Waals surface area contributed by atoms with Crippen LogP contribution in [0.3, 0.4) is 0 Å². The van der Waals surface area contributed by atoms with E-state index in [1.807, 2.05) is 12.1 Å². The molecule has 2 N–H and O–H groups in total. The molecule has 1 rings (SSSR count). The molecular weight excluding hydrogens is 310 g/mol. The van der Waals surface area contributed by atoms with Crippen molar-refractivity contribution in [2.24, 2.45) is 0 Å². The second-order valence-corrected chi connectivity index (χ2v) is 4.74. The van der Waals surface area contributed by atoms with Gasteiger partial charge in [-0.1, -0.05) is 15.9 Å². The summed E-state index contributed by atoms with van der Waals surface area (Å²) in [6, 6.07) is 7.50. The number of amides is 1. The van der Waals surface area contributed by atoms with Gasteiger partial charge in [0, 0.05) is 31.1 Å². The number of nitrogens with zero attached hydrogens (tertiary/aromatic N) is 1. The summed E-state index contributed by atoms with van der Waals surface area (Å²) in [6.07, 6.45) is 0.352. The first-order valence-corrected chi connectivity index (χ1v) is 6.66. The van der Waals surface area contributed by atoms with Crippen molar-refractivity contribution >= 4 is 27.5 Å². The average molecular weight is 326 g/mol. The van der Waals surface area contributed by atoms with Gasteiger partial charge in [-0.3, -0.25) is 4.79 Å². The molecule has 5 nitrogen and oxygen atoms in total. The van der Waals surface area contributed by atoms with Crippen LogP contribution in [0.4, 0.5) is 5.69 Å². The van der Waals surface area contributed by atoms with Gasteiger partial charge in [-0.15, -0.1) is 0 Å². The Morgan fingerprint density at radius 2 is 2.26 bits per heavy atom. The Bertz CT molecular complexity index is 471. The number of hydrogen-bond donors (Lipinski definition) is 2. The van der Waals surface area contributed by atoms with Crippen LogP contribution in [-0.4, -0.2) is 32.7 Å². The summed E-state index contributed by atoms with van der Waals surface area (Å²) in [6.45, 7) is 1.50. The van der Waals surface area contributed by atoms with E-state index in [4.69, 9.17) is 10.00 Å². The van der Waals surface area contributed by atoms with Crippen LogP contribution in [0.1, 0.15) is 12.0 Å². The second-order valence-electron chi connectivity index (χ2n) is 3.82. The van der Waals surface area contributed by atoms with E-state index in [0.29, 0.717) is 31.7 Å². The molecule has 0 unspecified atom stereocenters. The third kappa shape index (κ3) is 5.73. The van der Waals surface area contributed by atoms with Crippen molar-refractivity contribution in [1.82, 2.24) is 5.32 Å². The van der Waals surface area contributed by atoms with E-state index in [1.54, 1.807) is 13.2 Å². The molecule has 0 fully saturated rings. The molecular formula is C13H16BrN3O2. The topological polar surface area (TPSA) is 74.2 Å². The molecule has 6 heteroatoms. The van der Waals surface area contributed by atoms with Crippen LogP contribution in [0.2, 0.25) is 0 Å². The van der Waals surface area contributed by atoms with Crippen LogP contribution < -0.4 is 10.6 Å². The fraction of sp³-hybridized carbons (Fsp3) is 0.385. The maximum absolute atomic E-state index is 11.4. The van der Waals surface area contributed by atoms with Gasteiger partial charge in [0.05, 0.1) is 17.9 Å². The molecule has 0 spiro atoms. The summed E-state index contributed by atoms with van der Waals surface area (Å²) in [5, 5.41) is 14.8. The molecule has 1 aromatic rings. The summed E-state index contributed by atoms with van der Waals surface area (Å²) in [5.74, 6) is -0.0415. The minimum absolute atomic E-state index is 0.0415. The number of rotatable bonds is 7. The van der Waals surface area contributed by atoms with Crippen LogP contribution in [-0.2, 0) is 9.53 Å². The Morgan fingerprint density at radius 1 is 1.47 bits per heavy atom. The number of halogens is 1.